The molecule has 3 heterocycles. The third-order valence-electron chi connectivity index (χ3n) is 6.64. The first kappa shape index (κ1) is 19.2. The van der Waals surface area contributed by atoms with Crippen molar-refractivity contribution < 1.29 is 14.3 Å². The number of piperidine rings is 2. The highest BCUT2D eigenvalue weighted by Crippen LogP contribution is 2.39. The van der Waals surface area contributed by atoms with Crippen LogP contribution in [-0.2, 0) is 20.7 Å². The fourth-order valence-electron chi connectivity index (χ4n) is 5.10. The molecule has 0 saturated carbocycles. The smallest absolute Gasteiger partial charge is 0.242 e. The van der Waals surface area contributed by atoms with E-state index >= 15 is 0 Å². The van der Waals surface area contributed by atoms with Crippen LogP contribution in [-0.4, -0.2) is 74.6 Å². The molecule has 0 bridgehead atoms. The van der Waals surface area contributed by atoms with Crippen molar-refractivity contribution in [3.05, 3.63) is 29.8 Å². The van der Waals surface area contributed by atoms with Crippen molar-refractivity contribution in [3.8, 4) is 0 Å². The quantitative estimate of drug-likeness (QED) is 0.777. The largest absolute Gasteiger partial charge is 0.383 e. The number of benzene rings is 1. The molecule has 0 aliphatic carbocycles. The first-order valence-electron chi connectivity index (χ1n) is 10.5. The highest BCUT2D eigenvalue weighted by atomic mass is 16.5. The van der Waals surface area contributed by atoms with Crippen LogP contribution in [0.15, 0.2) is 24.3 Å². The van der Waals surface area contributed by atoms with Crippen molar-refractivity contribution >= 4 is 17.5 Å². The molecule has 6 nitrogen and oxygen atoms in total. The van der Waals surface area contributed by atoms with Gasteiger partial charge in [-0.2, -0.15) is 0 Å². The summed E-state index contributed by atoms with van der Waals surface area (Å²) in [6.45, 7) is 4.96. The number of anilines is 1. The van der Waals surface area contributed by atoms with Crippen LogP contribution in [0.25, 0.3) is 0 Å². The van der Waals surface area contributed by atoms with Crippen molar-refractivity contribution in [2.24, 2.45) is 5.41 Å². The molecule has 6 heteroatoms. The number of carbonyl (C=O) groups is 2. The zero-order chi connectivity index (χ0) is 19.6. The maximum Gasteiger partial charge on any atom is 0.242 e. The lowest BCUT2D eigenvalue weighted by atomic mass is 9.73. The van der Waals surface area contributed by atoms with E-state index in [9.17, 15) is 9.59 Å². The predicted molar refractivity (Wildman–Crippen MR) is 108 cm³/mol. The number of nitrogens with zero attached hydrogens (tertiary/aromatic N) is 3. The summed E-state index contributed by atoms with van der Waals surface area (Å²) in [6.07, 6.45) is 4.62. The van der Waals surface area contributed by atoms with Gasteiger partial charge in [0.25, 0.3) is 0 Å². The highest BCUT2D eigenvalue weighted by Gasteiger charge is 2.42. The second-order valence-corrected chi connectivity index (χ2v) is 8.53. The Hall–Kier alpha value is -2.08. The minimum Gasteiger partial charge on any atom is -0.383 e. The standard InChI is InChI=1S/C22H31N3O3/c1-28-14-13-25-17-22(10-7-20(25)26)9-4-11-24(16-22)21(27)15-23-12-8-18-5-2-3-6-19(18)23/h2-3,5-6H,4,7-17H2,1H3. The third kappa shape index (κ3) is 3.88. The van der Waals surface area contributed by atoms with Crippen LogP contribution in [0.4, 0.5) is 5.69 Å². The number of hydrogen-bond acceptors (Lipinski definition) is 4. The van der Waals surface area contributed by atoms with Crippen molar-refractivity contribution in [2.45, 2.75) is 32.1 Å². The van der Waals surface area contributed by atoms with Crippen LogP contribution in [0.5, 0.6) is 0 Å². The fourth-order valence-corrected chi connectivity index (χ4v) is 5.10. The van der Waals surface area contributed by atoms with Crippen LogP contribution in [0, 0.1) is 5.41 Å². The van der Waals surface area contributed by atoms with Crippen LogP contribution in [0.2, 0.25) is 0 Å². The summed E-state index contributed by atoms with van der Waals surface area (Å²) < 4.78 is 5.17. The third-order valence-corrected chi connectivity index (χ3v) is 6.64. The lowest BCUT2D eigenvalue weighted by molar-refractivity contribution is -0.143. The molecular weight excluding hydrogens is 354 g/mol. The molecule has 1 unspecified atom stereocenters. The van der Waals surface area contributed by atoms with E-state index in [2.05, 4.69) is 28.0 Å². The number of likely N-dealkylation sites (tertiary alicyclic amines) is 2. The van der Waals surface area contributed by atoms with Crippen LogP contribution in [0.1, 0.15) is 31.2 Å². The van der Waals surface area contributed by atoms with Crippen LogP contribution < -0.4 is 4.90 Å². The zero-order valence-corrected chi connectivity index (χ0v) is 16.9. The van der Waals surface area contributed by atoms with E-state index < -0.39 is 0 Å². The van der Waals surface area contributed by atoms with Crippen LogP contribution in [0.3, 0.4) is 0 Å². The number of amides is 2. The summed E-state index contributed by atoms with van der Waals surface area (Å²) in [4.78, 5) is 31.6. The number of fused-ring (bicyclic) bond motifs is 1. The molecule has 3 aliphatic heterocycles. The molecule has 3 aliphatic rings. The van der Waals surface area contributed by atoms with Gasteiger partial charge >= 0.3 is 0 Å². The predicted octanol–water partition coefficient (Wildman–Crippen LogP) is 1.93. The Kier molecular flexibility index (Phi) is 5.58. The van der Waals surface area contributed by atoms with E-state index in [4.69, 9.17) is 4.74 Å². The average Bonchev–Trinajstić information content (AvgIpc) is 3.12. The van der Waals surface area contributed by atoms with E-state index in [1.807, 2.05) is 11.0 Å². The number of carbonyl (C=O) groups excluding carboxylic acids is 2. The van der Waals surface area contributed by atoms with Gasteiger partial charge < -0.3 is 19.4 Å². The molecule has 0 aromatic heterocycles. The Labute approximate surface area is 167 Å². The molecule has 1 aromatic carbocycles. The Bertz CT molecular complexity index is 737. The summed E-state index contributed by atoms with van der Waals surface area (Å²) >= 11 is 0. The molecule has 0 radical (unpaired) electrons. The second-order valence-electron chi connectivity index (χ2n) is 8.53. The van der Waals surface area contributed by atoms with Gasteiger partial charge in [-0.15, -0.1) is 0 Å². The fraction of sp³-hybridized carbons (Fsp3) is 0.636. The van der Waals surface area contributed by atoms with Gasteiger partial charge in [0.1, 0.15) is 0 Å². The maximum absolute atomic E-state index is 13.1. The maximum atomic E-state index is 13.1. The first-order valence-corrected chi connectivity index (χ1v) is 10.5. The summed E-state index contributed by atoms with van der Waals surface area (Å²) in [5, 5.41) is 0. The molecule has 2 fully saturated rings. The number of methoxy groups -OCH3 is 1. The first-order chi connectivity index (χ1) is 13.6. The number of rotatable bonds is 5. The minimum atomic E-state index is 0.0540. The van der Waals surface area contributed by atoms with E-state index in [1.165, 1.54) is 11.3 Å². The molecular formula is C22H31N3O3. The lowest BCUT2D eigenvalue weighted by Crippen LogP contribution is -2.56. The molecule has 2 saturated heterocycles. The summed E-state index contributed by atoms with van der Waals surface area (Å²) in [5.41, 5.74) is 2.60. The van der Waals surface area contributed by atoms with Gasteiger partial charge in [-0.3, -0.25) is 9.59 Å². The Morgan fingerprint density at radius 1 is 1.11 bits per heavy atom. The molecule has 4 rings (SSSR count). The van der Waals surface area contributed by atoms with Gasteiger partial charge in [-0.25, -0.2) is 0 Å². The van der Waals surface area contributed by atoms with E-state index in [-0.39, 0.29) is 17.2 Å². The minimum absolute atomic E-state index is 0.0540. The molecule has 0 N–H and O–H groups in total. The zero-order valence-electron chi connectivity index (χ0n) is 16.9. The van der Waals surface area contributed by atoms with E-state index in [1.54, 1.807) is 7.11 Å². The normalized spacial score (nSPS) is 24.8. The number of hydrogen-bond donors (Lipinski definition) is 0. The van der Waals surface area contributed by atoms with Gasteiger partial charge in [0.05, 0.1) is 13.2 Å². The van der Waals surface area contributed by atoms with Crippen molar-refractivity contribution in [1.82, 2.24) is 9.80 Å². The van der Waals surface area contributed by atoms with Gasteiger partial charge in [-0.05, 0) is 37.3 Å². The number of ether oxygens (including phenoxy) is 1. The molecule has 2 amide bonds. The topological polar surface area (TPSA) is 53.1 Å². The number of para-hydroxylation sites is 1. The summed E-state index contributed by atoms with van der Waals surface area (Å²) in [6, 6.07) is 8.39. The molecule has 1 spiro atoms. The molecule has 28 heavy (non-hydrogen) atoms. The van der Waals surface area contributed by atoms with Gasteiger partial charge in [0.2, 0.25) is 11.8 Å². The van der Waals surface area contributed by atoms with Crippen molar-refractivity contribution in [3.63, 3.8) is 0 Å². The Balaban J connectivity index is 1.39. The second kappa shape index (κ2) is 8.11. The molecule has 1 atom stereocenters. The lowest BCUT2D eigenvalue weighted by Gasteiger charge is -2.48. The summed E-state index contributed by atoms with van der Waals surface area (Å²) in [7, 11) is 1.67. The van der Waals surface area contributed by atoms with Crippen molar-refractivity contribution in [1.29, 1.82) is 0 Å². The van der Waals surface area contributed by atoms with Gasteiger partial charge in [0, 0.05) is 57.4 Å². The average molecular weight is 386 g/mol. The molecule has 152 valence electrons. The van der Waals surface area contributed by atoms with Crippen molar-refractivity contribution in [2.75, 3.05) is 57.9 Å². The van der Waals surface area contributed by atoms with E-state index in [0.29, 0.717) is 26.1 Å². The van der Waals surface area contributed by atoms with E-state index in [0.717, 1.165) is 51.9 Å². The molecule has 1 aromatic rings. The Morgan fingerprint density at radius 3 is 2.82 bits per heavy atom. The summed E-state index contributed by atoms with van der Waals surface area (Å²) in [5.74, 6) is 0.441. The highest BCUT2D eigenvalue weighted by molar-refractivity contribution is 5.83. The Morgan fingerprint density at radius 2 is 1.96 bits per heavy atom. The monoisotopic (exact) mass is 385 g/mol. The van der Waals surface area contributed by atoms with Crippen LogP contribution >= 0.6 is 0 Å². The SMILES string of the molecule is COCCN1CC2(CCCN(C(=O)CN3CCc4ccccc43)C2)CCC1=O. The van der Waals surface area contributed by atoms with Gasteiger partial charge in [0.15, 0.2) is 0 Å². The van der Waals surface area contributed by atoms with Gasteiger partial charge in [-0.1, -0.05) is 18.2 Å².